The number of rotatable bonds is 5. The highest BCUT2D eigenvalue weighted by molar-refractivity contribution is 5.64. The second kappa shape index (κ2) is 7.61. The van der Waals surface area contributed by atoms with Crippen LogP contribution in [0.2, 0.25) is 0 Å². The number of hydrogen-bond acceptors (Lipinski definition) is 6. The second-order valence-electron chi connectivity index (χ2n) is 7.93. The number of aromatic nitrogens is 3. The van der Waals surface area contributed by atoms with Gasteiger partial charge in [-0.3, -0.25) is 4.40 Å². The van der Waals surface area contributed by atoms with Crippen LogP contribution >= 0.6 is 0 Å². The first-order valence-electron chi connectivity index (χ1n) is 9.72. The van der Waals surface area contributed by atoms with Gasteiger partial charge in [0.05, 0.1) is 30.3 Å². The molecule has 8 heteroatoms. The quantitative estimate of drug-likeness (QED) is 0.612. The van der Waals surface area contributed by atoms with Crippen LogP contribution in [0, 0.1) is 0 Å². The molecule has 0 aliphatic carbocycles. The van der Waals surface area contributed by atoms with E-state index in [4.69, 9.17) is 9.72 Å². The highest BCUT2D eigenvalue weighted by Gasteiger charge is 2.24. The van der Waals surface area contributed by atoms with Crippen molar-refractivity contribution in [2.24, 2.45) is 0 Å². The van der Waals surface area contributed by atoms with Gasteiger partial charge in [0.2, 0.25) is 0 Å². The van der Waals surface area contributed by atoms with Gasteiger partial charge < -0.3 is 20.5 Å². The summed E-state index contributed by atoms with van der Waals surface area (Å²) in [6, 6.07) is 7.48. The van der Waals surface area contributed by atoms with Crippen LogP contribution in [0.3, 0.4) is 0 Å². The summed E-state index contributed by atoms with van der Waals surface area (Å²) in [5.41, 5.74) is 1.80. The van der Waals surface area contributed by atoms with Crippen molar-refractivity contribution in [2.45, 2.75) is 38.1 Å². The maximum atomic E-state index is 13.6. The average molecular weight is 399 g/mol. The van der Waals surface area contributed by atoms with E-state index in [-0.39, 0.29) is 6.04 Å². The molecule has 1 aliphatic rings. The van der Waals surface area contributed by atoms with Crippen LogP contribution in [0.25, 0.3) is 17.0 Å². The number of fused-ring (bicyclic) bond motifs is 1. The van der Waals surface area contributed by atoms with E-state index in [0.29, 0.717) is 42.3 Å². The highest BCUT2D eigenvalue weighted by Crippen LogP contribution is 2.32. The summed E-state index contributed by atoms with van der Waals surface area (Å²) in [6.45, 7) is 4.54. The first-order chi connectivity index (χ1) is 13.8. The molecule has 1 aliphatic heterocycles. The molecule has 4 rings (SSSR count). The van der Waals surface area contributed by atoms with E-state index >= 15 is 0 Å². The van der Waals surface area contributed by atoms with Gasteiger partial charge in [-0.1, -0.05) is 6.07 Å². The van der Waals surface area contributed by atoms with Crippen molar-refractivity contribution >= 4 is 11.5 Å². The summed E-state index contributed by atoms with van der Waals surface area (Å²) in [5, 5.41) is 16.9. The molecule has 1 saturated heterocycles. The van der Waals surface area contributed by atoms with E-state index < -0.39 is 11.8 Å². The van der Waals surface area contributed by atoms with Gasteiger partial charge >= 0.3 is 0 Å². The normalized spacial score (nSPS) is 20.0. The molecule has 3 aromatic heterocycles. The Morgan fingerprint density at radius 3 is 2.90 bits per heavy atom. The maximum Gasteiger partial charge on any atom is 0.140 e. The fourth-order valence-corrected chi connectivity index (χ4v) is 3.69. The lowest BCUT2D eigenvalue weighted by Gasteiger charge is -2.26. The van der Waals surface area contributed by atoms with Crippen LogP contribution in [0.15, 0.2) is 36.7 Å². The van der Waals surface area contributed by atoms with E-state index in [0.717, 1.165) is 11.4 Å². The summed E-state index contributed by atoms with van der Waals surface area (Å²) in [4.78, 5) is 9.17. The molecule has 154 valence electrons. The molecule has 0 radical (unpaired) electrons. The van der Waals surface area contributed by atoms with Crippen molar-refractivity contribution in [1.29, 1.82) is 0 Å². The Morgan fingerprint density at radius 1 is 1.34 bits per heavy atom. The first kappa shape index (κ1) is 19.6. The third-order valence-corrected chi connectivity index (χ3v) is 5.15. The fourth-order valence-electron chi connectivity index (χ4n) is 3.69. The number of halogens is 1. The number of methoxy groups -OCH3 is 1. The second-order valence-corrected chi connectivity index (χ2v) is 7.93. The lowest BCUT2D eigenvalue weighted by molar-refractivity contribution is 0.0752. The monoisotopic (exact) mass is 399 g/mol. The average Bonchev–Trinajstić information content (AvgIpc) is 3.09. The summed E-state index contributed by atoms with van der Waals surface area (Å²) < 4.78 is 21.0. The van der Waals surface area contributed by atoms with Crippen molar-refractivity contribution in [2.75, 3.05) is 25.5 Å². The number of aliphatic hydroxyl groups is 1. The topological polar surface area (TPSA) is 83.7 Å². The maximum absolute atomic E-state index is 13.6. The number of anilines is 1. The molecule has 1 unspecified atom stereocenters. The van der Waals surface area contributed by atoms with Crippen molar-refractivity contribution in [3.8, 4) is 17.1 Å². The minimum absolute atomic E-state index is 0.00487. The number of nitrogens with one attached hydrogen (secondary N) is 2. The number of ether oxygens (including phenoxy) is 1. The van der Waals surface area contributed by atoms with E-state index in [9.17, 15) is 9.50 Å². The van der Waals surface area contributed by atoms with Gasteiger partial charge in [0.1, 0.15) is 23.4 Å². The summed E-state index contributed by atoms with van der Waals surface area (Å²) in [5.74, 6) is 1.27. The SMILES string of the molecule is COc1cc2ncc(-c3cccc(NC4CNC[C@@H](F)C4)n3)n2cc1C(C)(C)O. The lowest BCUT2D eigenvalue weighted by Crippen LogP contribution is -2.44. The minimum atomic E-state index is -1.07. The predicted octanol–water partition coefficient (Wildman–Crippen LogP) is 2.74. The zero-order chi connectivity index (χ0) is 20.6. The van der Waals surface area contributed by atoms with Crippen LogP contribution in [0.1, 0.15) is 25.8 Å². The Hall–Kier alpha value is -2.71. The molecular weight excluding hydrogens is 373 g/mol. The molecular formula is C21H26FN5O2. The number of hydrogen-bond donors (Lipinski definition) is 3. The Morgan fingerprint density at radius 2 is 2.17 bits per heavy atom. The summed E-state index contributed by atoms with van der Waals surface area (Å²) in [6.07, 6.45) is 3.19. The molecule has 3 N–H and O–H groups in total. The van der Waals surface area contributed by atoms with Gasteiger partial charge in [-0.15, -0.1) is 0 Å². The Bertz CT molecular complexity index is 1010. The van der Waals surface area contributed by atoms with Gasteiger partial charge in [-0.2, -0.15) is 0 Å². The van der Waals surface area contributed by atoms with E-state index in [1.807, 2.05) is 28.8 Å². The number of pyridine rings is 2. The molecule has 4 heterocycles. The number of imidazole rings is 1. The zero-order valence-electron chi connectivity index (χ0n) is 16.8. The third-order valence-electron chi connectivity index (χ3n) is 5.15. The van der Waals surface area contributed by atoms with Crippen LogP contribution in [0.5, 0.6) is 5.75 Å². The summed E-state index contributed by atoms with van der Waals surface area (Å²) in [7, 11) is 1.57. The Labute approximate surface area is 168 Å². The molecule has 0 saturated carbocycles. The van der Waals surface area contributed by atoms with Crippen LogP contribution in [-0.2, 0) is 5.60 Å². The van der Waals surface area contributed by atoms with Crippen molar-refractivity contribution < 1.29 is 14.2 Å². The lowest BCUT2D eigenvalue weighted by atomic mass is 9.99. The fraction of sp³-hybridized carbons (Fsp3) is 0.429. The molecule has 1 fully saturated rings. The van der Waals surface area contributed by atoms with E-state index in [1.54, 1.807) is 33.2 Å². The van der Waals surface area contributed by atoms with Gasteiger partial charge in [-0.25, -0.2) is 14.4 Å². The van der Waals surface area contributed by atoms with Crippen LogP contribution < -0.4 is 15.4 Å². The predicted molar refractivity (Wildman–Crippen MR) is 110 cm³/mol. The molecule has 29 heavy (non-hydrogen) atoms. The molecule has 0 bridgehead atoms. The molecule has 3 aromatic rings. The zero-order valence-corrected chi connectivity index (χ0v) is 16.8. The van der Waals surface area contributed by atoms with Gasteiger partial charge in [0.25, 0.3) is 0 Å². The first-order valence-corrected chi connectivity index (χ1v) is 9.72. The molecule has 7 nitrogen and oxygen atoms in total. The van der Waals surface area contributed by atoms with Crippen LogP contribution in [0.4, 0.5) is 10.2 Å². The van der Waals surface area contributed by atoms with E-state index in [2.05, 4.69) is 15.6 Å². The van der Waals surface area contributed by atoms with Crippen molar-refractivity contribution in [3.63, 3.8) is 0 Å². The Balaban J connectivity index is 1.69. The smallest absolute Gasteiger partial charge is 0.140 e. The molecule has 0 aromatic carbocycles. The van der Waals surface area contributed by atoms with E-state index in [1.165, 1.54) is 0 Å². The van der Waals surface area contributed by atoms with Crippen molar-refractivity contribution in [3.05, 3.63) is 42.2 Å². The van der Waals surface area contributed by atoms with Crippen molar-refractivity contribution in [1.82, 2.24) is 19.7 Å². The Kier molecular flexibility index (Phi) is 5.14. The highest BCUT2D eigenvalue weighted by atomic mass is 19.1. The van der Waals surface area contributed by atoms with Gasteiger partial charge in [-0.05, 0) is 26.0 Å². The number of nitrogens with zero attached hydrogens (tertiary/aromatic N) is 3. The molecule has 0 amide bonds. The number of alkyl halides is 1. The molecule has 0 spiro atoms. The van der Waals surface area contributed by atoms with Crippen LogP contribution in [-0.4, -0.2) is 51.9 Å². The minimum Gasteiger partial charge on any atom is -0.496 e. The standard InChI is InChI=1S/C21H26FN5O2/c1-21(2,28)15-12-27-17(11-24-20(27)8-18(15)29-3)16-5-4-6-19(26-16)25-14-7-13(22)9-23-10-14/h4-6,8,11-14,23,28H,7,9-10H2,1-3H3,(H,25,26)/t13-,14?/m0/s1. The molecule has 2 atom stereocenters. The van der Waals surface area contributed by atoms with Gasteiger partial charge in [0.15, 0.2) is 0 Å². The summed E-state index contributed by atoms with van der Waals surface area (Å²) >= 11 is 0. The third kappa shape index (κ3) is 4.04. The van der Waals surface area contributed by atoms with Gasteiger partial charge in [0, 0.05) is 43.4 Å². The largest absolute Gasteiger partial charge is 0.496 e. The number of piperidine rings is 1.